The summed E-state index contributed by atoms with van der Waals surface area (Å²) in [7, 11) is 1.99. The molecular weight excluding hydrogens is 382 g/mol. The van der Waals surface area contributed by atoms with Crippen LogP contribution >= 0.6 is 11.3 Å². The van der Waals surface area contributed by atoms with Crippen molar-refractivity contribution in [3.8, 4) is 0 Å². The fourth-order valence-corrected chi connectivity index (χ4v) is 4.60. The van der Waals surface area contributed by atoms with Crippen molar-refractivity contribution in [3.05, 3.63) is 53.9 Å². The van der Waals surface area contributed by atoms with E-state index < -0.39 is 0 Å². The molecular formula is C21H21N7S. The van der Waals surface area contributed by atoms with E-state index in [4.69, 9.17) is 4.98 Å². The van der Waals surface area contributed by atoms with Crippen LogP contribution in [0.4, 0.5) is 22.3 Å². The molecule has 0 atom stereocenters. The fourth-order valence-electron chi connectivity index (χ4n) is 3.68. The van der Waals surface area contributed by atoms with Crippen LogP contribution in [-0.4, -0.2) is 32.2 Å². The Morgan fingerprint density at radius 2 is 1.93 bits per heavy atom. The molecule has 4 aromatic heterocycles. The largest absolute Gasteiger partial charge is 0.342 e. The van der Waals surface area contributed by atoms with E-state index in [2.05, 4.69) is 25.5 Å². The Morgan fingerprint density at radius 1 is 1.03 bits per heavy atom. The van der Waals surface area contributed by atoms with Gasteiger partial charge in [0.1, 0.15) is 10.8 Å². The van der Waals surface area contributed by atoms with Crippen molar-refractivity contribution in [1.29, 1.82) is 0 Å². The molecule has 1 aliphatic carbocycles. The average molecular weight is 404 g/mol. The van der Waals surface area contributed by atoms with Crippen LogP contribution in [0.25, 0.3) is 11.0 Å². The van der Waals surface area contributed by atoms with Gasteiger partial charge in [-0.3, -0.25) is 9.97 Å². The van der Waals surface area contributed by atoms with Gasteiger partial charge in [-0.25, -0.2) is 4.98 Å². The minimum Gasteiger partial charge on any atom is -0.342 e. The average Bonchev–Trinajstić information content (AvgIpc) is 3.45. The first kappa shape index (κ1) is 17.9. The van der Waals surface area contributed by atoms with E-state index in [1.165, 1.54) is 25.7 Å². The lowest BCUT2D eigenvalue weighted by Crippen LogP contribution is -2.10. The van der Waals surface area contributed by atoms with E-state index in [1.807, 2.05) is 54.7 Å². The van der Waals surface area contributed by atoms with Gasteiger partial charge in [0.05, 0.1) is 34.8 Å². The zero-order valence-corrected chi connectivity index (χ0v) is 16.9. The van der Waals surface area contributed by atoms with Crippen molar-refractivity contribution >= 4 is 44.7 Å². The second-order valence-electron chi connectivity index (χ2n) is 7.25. The van der Waals surface area contributed by atoms with Crippen LogP contribution in [-0.2, 0) is 0 Å². The third kappa shape index (κ3) is 3.75. The second-order valence-corrected chi connectivity index (χ2v) is 8.26. The predicted octanol–water partition coefficient (Wildman–Crippen LogP) is 5.05. The Labute approximate surface area is 172 Å². The van der Waals surface area contributed by atoms with E-state index in [0.29, 0.717) is 5.92 Å². The first-order valence-electron chi connectivity index (χ1n) is 9.77. The van der Waals surface area contributed by atoms with Gasteiger partial charge in [0.15, 0.2) is 0 Å². The zero-order valence-electron chi connectivity index (χ0n) is 16.1. The number of pyridine rings is 3. The van der Waals surface area contributed by atoms with Crippen LogP contribution in [0.2, 0.25) is 0 Å². The van der Waals surface area contributed by atoms with Crippen molar-refractivity contribution < 1.29 is 0 Å². The van der Waals surface area contributed by atoms with Crippen molar-refractivity contribution in [1.82, 2.24) is 25.1 Å². The molecule has 7 nitrogen and oxygen atoms in total. The lowest BCUT2D eigenvalue weighted by molar-refractivity contribution is 0.705. The number of hydrogen-bond acceptors (Lipinski definition) is 8. The molecule has 0 radical (unpaired) electrons. The number of hydrogen-bond donors (Lipinski definition) is 1. The van der Waals surface area contributed by atoms with E-state index in [0.717, 1.165) is 38.4 Å². The minimum atomic E-state index is 0.572. The highest BCUT2D eigenvalue weighted by Crippen LogP contribution is 2.37. The third-order valence-electron chi connectivity index (χ3n) is 5.32. The monoisotopic (exact) mass is 403 g/mol. The molecule has 146 valence electrons. The van der Waals surface area contributed by atoms with Crippen LogP contribution < -0.4 is 10.2 Å². The Balaban J connectivity index is 1.39. The van der Waals surface area contributed by atoms with Gasteiger partial charge in [-0.2, -0.15) is 0 Å². The Morgan fingerprint density at radius 3 is 2.76 bits per heavy atom. The number of rotatable bonds is 5. The molecule has 0 unspecified atom stereocenters. The molecule has 1 aliphatic rings. The Hall–Kier alpha value is -3.13. The summed E-state index contributed by atoms with van der Waals surface area (Å²) in [5, 5.41) is 13.9. The van der Waals surface area contributed by atoms with Crippen molar-refractivity contribution in [3.63, 3.8) is 0 Å². The highest BCUT2D eigenvalue weighted by Gasteiger charge is 2.21. The molecule has 8 heteroatoms. The van der Waals surface area contributed by atoms with Crippen molar-refractivity contribution in [2.75, 3.05) is 17.3 Å². The number of nitrogens with one attached hydrogen (secondary N) is 1. The van der Waals surface area contributed by atoms with Crippen LogP contribution in [0.1, 0.15) is 36.6 Å². The van der Waals surface area contributed by atoms with E-state index in [9.17, 15) is 0 Å². The van der Waals surface area contributed by atoms with Gasteiger partial charge in [0, 0.05) is 19.2 Å². The van der Waals surface area contributed by atoms with Gasteiger partial charge < -0.3 is 10.2 Å². The summed E-state index contributed by atoms with van der Waals surface area (Å²) in [5.74, 6) is 1.32. The van der Waals surface area contributed by atoms with Gasteiger partial charge in [-0.05, 0) is 43.2 Å². The molecule has 5 rings (SSSR count). The maximum Gasteiger partial charge on any atom is 0.211 e. The summed E-state index contributed by atoms with van der Waals surface area (Å²) in [6.07, 6.45) is 10.5. The van der Waals surface area contributed by atoms with Gasteiger partial charge in [-0.15, -0.1) is 10.2 Å². The molecule has 29 heavy (non-hydrogen) atoms. The van der Waals surface area contributed by atoms with Crippen molar-refractivity contribution in [2.24, 2.45) is 0 Å². The molecule has 1 saturated carbocycles. The summed E-state index contributed by atoms with van der Waals surface area (Å²) in [5.41, 5.74) is 3.62. The highest BCUT2D eigenvalue weighted by atomic mass is 32.1. The first-order valence-corrected chi connectivity index (χ1v) is 10.6. The molecule has 0 amide bonds. The van der Waals surface area contributed by atoms with Gasteiger partial charge in [0.25, 0.3) is 0 Å². The molecule has 4 aromatic rings. The van der Waals surface area contributed by atoms with Gasteiger partial charge in [-0.1, -0.05) is 24.2 Å². The van der Waals surface area contributed by atoms with Gasteiger partial charge in [0.2, 0.25) is 5.13 Å². The van der Waals surface area contributed by atoms with Crippen molar-refractivity contribution in [2.45, 2.75) is 31.6 Å². The molecule has 1 N–H and O–H groups in total. The summed E-state index contributed by atoms with van der Waals surface area (Å²) in [4.78, 5) is 15.5. The summed E-state index contributed by atoms with van der Waals surface area (Å²) in [6, 6.07) is 9.86. The molecule has 0 aliphatic heterocycles. The molecule has 0 saturated heterocycles. The second kappa shape index (κ2) is 7.71. The molecule has 0 spiro atoms. The highest BCUT2D eigenvalue weighted by molar-refractivity contribution is 7.15. The number of aromatic nitrogens is 5. The first-order chi connectivity index (χ1) is 14.3. The fraction of sp³-hybridized carbons (Fsp3) is 0.286. The van der Waals surface area contributed by atoms with E-state index >= 15 is 0 Å². The predicted molar refractivity (Wildman–Crippen MR) is 116 cm³/mol. The zero-order chi connectivity index (χ0) is 19.6. The number of fused-ring (bicyclic) bond motifs is 1. The number of anilines is 4. The lowest BCUT2D eigenvalue weighted by Gasteiger charge is -2.18. The smallest absolute Gasteiger partial charge is 0.211 e. The summed E-state index contributed by atoms with van der Waals surface area (Å²) < 4.78 is 0. The maximum atomic E-state index is 4.74. The Bertz CT molecular complexity index is 1120. The normalized spacial score (nSPS) is 14.4. The molecule has 0 bridgehead atoms. The SMILES string of the molecule is CN(c1cccnc1)c1cnc2ccc(Nc3nnc(C4CCCC4)s3)nc2c1. The topological polar surface area (TPSA) is 79.7 Å². The van der Waals surface area contributed by atoms with Crippen LogP contribution in [0.5, 0.6) is 0 Å². The summed E-state index contributed by atoms with van der Waals surface area (Å²) >= 11 is 1.63. The van der Waals surface area contributed by atoms with E-state index in [1.54, 1.807) is 17.5 Å². The number of nitrogens with zero attached hydrogens (tertiary/aromatic N) is 6. The van der Waals surface area contributed by atoms with E-state index in [-0.39, 0.29) is 0 Å². The summed E-state index contributed by atoms with van der Waals surface area (Å²) in [6.45, 7) is 0. The minimum absolute atomic E-state index is 0.572. The van der Waals surface area contributed by atoms with Gasteiger partial charge >= 0.3 is 0 Å². The molecule has 1 fully saturated rings. The third-order valence-corrected chi connectivity index (χ3v) is 6.32. The quantitative estimate of drug-likeness (QED) is 0.500. The Kier molecular flexibility index (Phi) is 4.77. The van der Waals surface area contributed by atoms with Crippen LogP contribution in [0.15, 0.2) is 48.9 Å². The molecule has 4 heterocycles. The van der Waals surface area contributed by atoms with Crippen LogP contribution in [0, 0.1) is 0 Å². The standard InChI is InChI=1S/C21H21N7S/c1-28(15-7-4-10-22-12-15)16-11-18-17(23-13-16)8-9-19(24-18)25-21-27-26-20(29-21)14-5-2-3-6-14/h4,7-14H,2-3,5-6H2,1H3,(H,24,25,27). The maximum absolute atomic E-state index is 4.74. The lowest BCUT2D eigenvalue weighted by atomic mass is 10.1. The molecule has 0 aromatic carbocycles. The van der Waals surface area contributed by atoms with Crippen LogP contribution in [0.3, 0.4) is 0 Å².